The average Bonchev–Trinajstić information content (AvgIpc) is 3.35. The van der Waals surface area contributed by atoms with E-state index in [4.69, 9.17) is 5.73 Å². The van der Waals surface area contributed by atoms with Gasteiger partial charge in [-0.05, 0) is 48.9 Å². The number of aryl methyl sites for hydroxylation is 1. The number of carbonyl (C=O) groups is 2. The minimum absolute atomic E-state index is 0.113. The van der Waals surface area contributed by atoms with E-state index in [0.717, 1.165) is 11.1 Å². The van der Waals surface area contributed by atoms with Gasteiger partial charge in [-0.3, -0.25) is 14.5 Å². The number of anilines is 1. The molecule has 3 N–H and O–H groups in total. The highest BCUT2D eigenvalue weighted by Crippen LogP contribution is 2.58. The number of guanidine groups is 1. The van der Waals surface area contributed by atoms with Crippen LogP contribution < -0.4 is 11.1 Å². The number of nitrogens with zero attached hydrogens (tertiary/aromatic N) is 2. The minimum atomic E-state index is -4.56. The molecule has 0 saturated heterocycles. The number of hydrogen-bond donors (Lipinski definition) is 2. The van der Waals surface area contributed by atoms with Crippen molar-refractivity contribution in [1.29, 1.82) is 0 Å². The van der Waals surface area contributed by atoms with E-state index < -0.39 is 23.0 Å². The number of rotatable bonds is 2. The molecule has 1 fully saturated rings. The summed E-state index contributed by atoms with van der Waals surface area (Å²) in [7, 11) is 1.55. The number of halogens is 3. The van der Waals surface area contributed by atoms with Gasteiger partial charge in [-0.25, -0.2) is 4.99 Å². The van der Waals surface area contributed by atoms with Gasteiger partial charge in [0.05, 0.1) is 12.0 Å². The Morgan fingerprint density at radius 2 is 2.00 bits per heavy atom. The molecule has 9 heteroatoms. The predicted octanol–water partition coefficient (Wildman–Crippen LogP) is 2.29. The molecule has 0 unspecified atom stereocenters. The number of fused-ring (bicyclic) bond motifs is 2. The molecule has 0 radical (unpaired) electrons. The van der Waals surface area contributed by atoms with E-state index in [0.29, 0.717) is 12.8 Å². The van der Waals surface area contributed by atoms with Crippen LogP contribution >= 0.6 is 0 Å². The molecule has 6 nitrogen and oxygen atoms in total. The number of benzene rings is 1. The van der Waals surface area contributed by atoms with Crippen molar-refractivity contribution < 1.29 is 22.8 Å². The molecular weight excluding hydrogens is 361 g/mol. The first-order chi connectivity index (χ1) is 12.6. The maximum atomic E-state index is 13.1. The number of aliphatic imine (C=N–C) groups is 1. The van der Waals surface area contributed by atoms with Crippen molar-refractivity contribution in [2.45, 2.75) is 43.8 Å². The summed E-state index contributed by atoms with van der Waals surface area (Å²) < 4.78 is 39.4. The van der Waals surface area contributed by atoms with Crippen molar-refractivity contribution in [3.05, 3.63) is 29.3 Å². The number of nitrogens with two attached hydrogens (primary N) is 1. The maximum Gasteiger partial charge on any atom is 0.403 e. The van der Waals surface area contributed by atoms with Gasteiger partial charge in [0, 0.05) is 12.7 Å². The summed E-state index contributed by atoms with van der Waals surface area (Å²) >= 11 is 0. The van der Waals surface area contributed by atoms with Gasteiger partial charge in [-0.1, -0.05) is 6.07 Å². The van der Waals surface area contributed by atoms with Crippen LogP contribution in [0.2, 0.25) is 0 Å². The zero-order chi connectivity index (χ0) is 19.6. The quantitative estimate of drug-likeness (QED) is 0.825. The smallest absolute Gasteiger partial charge is 0.369 e. The second-order valence-electron chi connectivity index (χ2n) is 7.54. The molecule has 2 amide bonds. The highest BCUT2D eigenvalue weighted by atomic mass is 19.4. The summed E-state index contributed by atoms with van der Waals surface area (Å²) in [6.45, 7) is 0. The molecular formula is C18H19F3N4O2. The molecule has 1 atom stereocenters. The molecule has 2 aliphatic carbocycles. The Hall–Kier alpha value is -2.58. The van der Waals surface area contributed by atoms with Gasteiger partial charge < -0.3 is 11.1 Å². The Kier molecular flexibility index (Phi) is 3.60. The lowest BCUT2D eigenvalue weighted by Gasteiger charge is -2.34. The van der Waals surface area contributed by atoms with Crippen molar-refractivity contribution in [1.82, 2.24) is 4.90 Å². The van der Waals surface area contributed by atoms with E-state index >= 15 is 0 Å². The van der Waals surface area contributed by atoms with Crippen LogP contribution in [0.1, 0.15) is 36.8 Å². The zero-order valence-corrected chi connectivity index (χ0v) is 14.7. The number of hydrogen-bond acceptors (Lipinski definition) is 4. The Bertz CT molecular complexity index is 876. The van der Waals surface area contributed by atoms with Crippen molar-refractivity contribution in [3.8, 4) is 0 Å². The van der Waals surface area contributed by atoms with Gasteiger partial charge in [0.1, 0.15) is 5.41 Å². The third-order valence-electron chi connectivity index (χ3n) is 5.89. The largest absolute Gasteiger partial charge is 0.403 e. The number of amides is 2. The highest BCUT2D eigenvalue weighted by Gasteiger charge is 2.68. The van der Waals surface area contributed by atoms with Crippen LogP contribution in [0.15, 0.2) is 23.2 Å². The van der Waals surface area contributed by atoms with Crippen LogP contribution in [-0.2, 0) is 21.5 Å². The Morgan fingerprint density at radius 3 is 2.59 bits per heavy atom. The molecule has 0 bridgehead atoms. The lowest BCUT2D eigenvalue weighted by molar-refractivity contribution is -0.189. The molecule has 144 valence electrons. The van der Waals surface area contributed by atoms with Crippen LogP contribution in [-0.4, -0.2) is 35.9 Å². The molecule has 1 aromatic rings. The molecule has 1 saturated carbocycles. The summed E-state index contributed by atoms with van der Waals surface area (Å²) in [6, 6.07) is 4.98. The maximum absolute atomic E-state index is 13.1. The first kappa shape index (κ1) is 17.8. The van der Waals surface area contributed by atoms with Gasteiger partial charge in [0.15, 0.2) is 5.96 Å². The monoisotopic (exact) mass is 380 g/mol. The Balaban J connectivity index is 1.65. The molecule has 1 aromatic carbocycles. The molecule has 1 spiro atoms. The fourth-order valence-corrected chi connectivity index (χ4v) is 3.93. The van der Waals surface area contributed by atoms with Crippen LogP contribution in [0.25, 0.3) is 0 Å². The van der Waals surface area contributed by atoms with Crippen molar-refractivity contribution in [2.75, 3.05) is 12.4 Å². The van der Waals surface area contributed by atoms with E-state index in [9.17, 15) is 22.8 Å². The normalized spacial score (nSPS) is 26.0. The van der Waals surface area contributed by atoms with E-state index in [2.05, 4.69) is 10.3 Å². The molecule has 1 heterocycles. The van der Waals surface area contributed by atoms with Gasteiger partial charge >= 0.3 is 6.18 Å². The number of carbonyl (C=O) groups excluding carboxylic acids is 2. The number of alkyl halides is 3. The summed E-state index contributed by atoms with van der Waals surface area (Å²) in [4.78, 5) is 30.3. The second-order valence-corrected chi connectivity index (χ2v) is 7.54. The lowest BCUT2D eigenvalue weighted by atomic mass is 9.87. The zero-order valence-electron chi connectivity index (χ0n) is 14.7. The third-order valence-corrected chi connectivity index (χ3v) is 5.89. The van der Waals surface area contributed by atoms with Gasteiger partial charge in [-0.2, -0.15) is 13.2 Å². The standard InChI is InChI=1S/C18H19F3N4O2/c1-25-13(26)9-17(24-15(25)22)5-4-10-2-3-11(8-12(10)17)23-14(27)16(6-7-16)18(19,20)21/h2-3,8H,4-7,9H2,1H3,(H2,22,24)(H,23,27)/t17-/m0/s1. The summed E-state index contributed by atoms with van der Waals surface area (Å²) in [5.41, 5.74) is 4.74. The predicted molar refractivity (Wildman–Crippen MR) is 91.8 cm³/mol. The molecule has 27 heavy (non-hydrogen) atoms. The van der Waals surface area contributed by atoms with E-state index in [1.165, 1.54) is 4.90 Å². The van der Waals surface area contributed by atoms with Crippen molar-refractivity contribution in [2.24, 2.45) is 16.1 Å². The van der Waals surface area contributed by atoms with Gasteiger partial charge in [-0.15, -0.1) is 0 Å². The summed E-state index contributed by atoms with van der Waals surface area (Å²) in [5.74, 6) is -1.09. The highest BCUT2D eigenvalue weighted by molar-refractivity contribution is 6.00. The van der Waals surface area contributed by atoms with Crippen molar-refractivity contribution >= 4 is 23.5 Å². The van der Waals surface area contributed by atoms with E-state index in [-0.39, 0.29) is 36.8 Å². The van der Waals surface area contributed by atoms with Crippen molar-refractivity contribution in [3.63, 3.8) is 0 Å². The molecule has 0 aromatic heterocycles. The third kappa shape index (κ3) is 2.59. The molecule has 1 aliphatic heterocycles. The Labute approximate surface area is 153 Å². The topological polar surface area (TPSA) is 87.8 Å². The first-order valence-corrected chi connectivity index (χ1v) is 8.71. The van der Waals surface area contributed by atoms with Gasteiger partial charge in [0.2, 0.25) is 11.8 Å². The number of nitrogens with one attached hydrogen (secondary N) is 1. The Morgan fingerprint density at radius 1 is 1.30 bits per heavy atom. The van der Waals surface area contributed by atoms with Crippen LogP contribution in [0.5, 0.6) is 0 Å². The summed E-state index contributed by atoms with van der Waals surface area (Å²) in [6.07, 6.45) is -3.54. The van der Waals surface area contributed by atoms with E-state index in [1.54, 1.807) is 25.2 Å². The fraction of sp³-hybridized carbons (Fsp3) is 0.500. The second kappa shape index (κ2) is 5.46. The SMILES string of the molecule is CN1C(=O)C[C@]2(CCc3ccc(NC(=O)C4(C(F)(F)F)CC4)cc32)N=C1N. The van der Waals surface area contributed by atoms with Crippen LogP contribution in [0, 0.1) is 5.41 Å². The first-order valence-electron chi connectivity index (χ1n) is 8.71. The van der Waals surface area contributed by atoms with Crippen LogP contribution in [0.3, 0.4) is 0 Å². The minimum Gasteiger partial charge on any atom is -0.369 e. The van der Waals surface area contributed by atoms with Crippen LogP contribution in [0.4, 0.5) is 18.9 Å². The van der Waals surface area contributed by atoms with E-state index in [1.807, 2.05) is 0 Å². The summed E-state index contributed by atoms with van der Waals surface area (Å²) in [5, 5.41) is 2.40. The fourth-order valence-electron chi connectivity index (χ4n) is 3.93. The van der Waals surface area contributed by atoms with Gasteiger partial charge in [0.25, 0.3) is 0 Å². The molecule has 3 aliphatic rings. The lowest BCUT2D eigenvalue weighted by Crippen LogP contribution is -2.47. The average molecular weight is 380 g/mol. The molecule has 4 rings (SSSR count).